The van der Waals surface area contributed by atoms with Crippen LogP contribution in [0.2, 0.25) is 0 Å². The van der Waals surface area contributed by atoms with Crippen LogP contribution in [0.5, 0.6) is 0 Å². The van der Waals surface area contributed by atoms with Gasteiger partial charge < -0.3 is 20.4 Å². The number of carbonyl (C=O) groups is 1. The molecule has 0 saturated carbocycles. The highest BCUT2D eigenvalue weighted by molar-refractivity contribution is 6.05. The summed E-state index contributed by atoms with van der Waals surface area (Å²) in [6, 6.07) is 15.7. The van der Waals surface area contributed by atoms with Gasteiger partial charge in [0, 0.05) is 37.4 Å². The molecule has 34 heavy (non-hydrogen) atoms. The Balaban J connectivity index is 1.43. The van der Waals surface area contributed by atoms with Crippen molar-refractivity contribution in [1.29, 1.82) is 0 Å². The Bertz CT molecular complexity index is 1380. The Labute approximate surface area is 198 Å². The van der Waals surface area contributed by atoms with E-state index < -0.39 is 0 Å². The predicted octanol–water partition coefficient (Wildman–Crippen LogP) is 4.43. The number of nitrogens with one attached hydrogen (secondary N) is 2. The quantitative estimate of drug-likeness (QED) is 0.459. The number of nitrogens with zero attached hydrogens (tertiary/aromatic N) is 6. The van der Waals surface area contributed by atoms with E-state index in [0.29, 0.717) is 11.8 Å². The Morgan fingerprint density at radius 1 is 1.00 bits per heavy atom. The third kappa shape index (κ3) is 3.68. The SMILES string of the molecule is CC(C)N1c2cc(Nc3nccc(Nc4nn(C)c5ccccc45)n3)ccc2N(C)C(=O)C1C. The number of rotatable bonds is 5. The normalized spacial score (nSPS) is 15.7. The van der Waals surface area contributed by atoms with Gasteiger partial charge in [0.2, 0.25) is 11.9 Å². The van der Waals surface area contributed by atoms with E-state index in [2.05, 4.69) is 44.4 Å². The number of hydrogen-bond acceptors (Lipinski definition) is 7. The van der Waals surface area contributed by atoms with Gasteiger partial charge in [0.05, 0.1) is 16.9 Å². The fraction of sp³-hybridized carbons (Fsp3) is 0.280. The van der Waals surface area contributed by atoms with Crippen LogP contribution in [-0.4, -0.2) is 44.8 Å². The van der Waals surface area contributed by atoms with Crippen molar-refractivity contribution in [2.45, 2.75) is 32.9 Å². The molecule has 3 heterocycles. The zero-order valence-electron chi connectivity index (χ0n) is 19.9. The lowest BCUT2D eigenvalue weighted by molar-refractivity contribution is -0.119. The number of benzene rings is 2. The molecule has 2 aromatic heterocycles. The minimum absolute atomic E-state index is 0.0889. The van der Waals surface area contributed by atoms with Gasteiger partial charge in [-0.05, 0) is 57.2 Å². The Kier molecular flexibility index (Phi) is 5.31. The van der Waals surface area contributed by atoms with Crippen molar-refractivity contribution in [3.63, 3.8) is 0 Å². The first-order chi connectivity index (χ1) is 16.3. The molecule has 9 heteroatoms. The van der Waals surface area contributed by atoms with Crippen LogP contribution in [0.25, 0.3) is 10.9 Å². The van der Waals surface area contributed by atoms with E-state index in [-0.39, 0.29) is 18.0 Å². The van der Waals surface area contributed by atoms with E-state index in [0.717, 1.165) is 33.8 Å². The van der Waals surface area contributed by atoms with Crippen LogP contribution >= 0.6 is 0 Å². The van der Waals surface area contributed by atoms with Gasteiger partial charge in [0.15, 0.2) is 5.82 Å². The monoisotopic (exact) mass is 456 g/mol. The molecule has 1 aliphatic heterocycles. The largest absolute Gasteiger partial charge is 0.356 e. The van der Waals surface area contributed by atoms with Crippen molar-refractivity contribution in [3.05, 3.63) is 54.7 Å². The van der Waals surface area contributed by atoms with Gasteiger partial charge in [-0.1, -0.05) is 12.1 Å². The smallest absolute Gasteiger partial charge is 0.249 e. The van der Waals surface area contributed by atoms with Gasteiger partial charge in [-0.2, -0.15) is 10.1 Å². The zero-order valence-corrected chi connectivity index (χ0v) is 19.9. The Morgan fingerprint density at radius 2 is 1.79 bits per heavy atom. The topological polar surface area (TPSA) is 91.2 Å². The lowest BCUT2D eigenvalue weighted by Gasteiger charge is -2.42. The zero-order chi connectivity index (χ0) is 24.0. The van der Waals surface area contributed by atoms with Gasteiger partial charge >= 0.3 is 0 Å². The summed E-state index contributed by atoms with van der Waals surface area (Å²) in [6.07, 6.45) is 1.70. The first-order valence-corrected chi connectivity index (χ1v) is 11.3. The molecular formula is C25H28N8O. The highest BCUT2D eigenvalue weighted by atomic mass is 16.2. The van der Waals surface area contributed by atoms with Crippen molar-refractivity contribution >= 4 is 51.5 Å². The van der Waals surface area contributed by atoms with Crippen LogP contribution in [0.1, 0.15) is 20.8 Å². The third-order valence-electron chi connectivity index (χ3n) is 6.19. The van der Waals surface area contributed by atoms with Crippen molar-refractivity contribution in [2.24, 2.45) is 7.05 Å². The molecule has 2 N–H and O–H groups in total. The Morgan fingerprint density at radius 3 is 2.59 bits per heavy atom. The summed E-state index contributed by atoms with van der Waals surface area (Å²) in [5.74, 6) is 1.94. The summed E-state index contributed by atoms with van der Waals surface area (Å²) in [5.41, 5.74) is 3.78. The molecule has 0 fully saturated rings. The van der Waals surface area contributed by atoms with Crippen LogP contribution in [0.15, 0.2) is 54.7 Å². The molecular weight excluding hydrogens is 428 g/mol. The fourth-order valence-corrected chi connectivity index (χ4v) is 4.59. The van der Waals surface area contributed by atoms with Crippen LogP contribution in [0, 0.1) is 0 Å². The maximum Gasteiger partial charge on any atom is 0.249 e. The van der Waals surface area contributed by atoms with Gasteiger partial charge in [-0.25, -0.2) is 4.98 Å². The summed E-state index contributed by atoms with van der Waals surface area (Å²) in [5, 5.41) is 12.2. The van der Waals surface area contributed by atoms with E-state index in [1.165, 1.54) is 0 Å². The van der Waals surface area contributed by atoms with E-state index in [1.54, 1.807) is 11.1 Å². The molecule has 9 nitrogen and oxygen atoms in total. The summed E-state index contributed by atoms with van der Waals surface area (Å²) in [4.78, 5) is 25.6. The molecule has 5 rings (SSSR count). The highest BCUT2D eigenvalue weighted by Gasteiger charge is 2.34. The second kappa shape index (κ2) is 8.33. The Hall–Kier alpha value is -4.14. The standard InChI is InChI=1S/C25H28N8O/c1-15(2)33-16(3)24(34)31(4)20-11-10-17(14-21(20)33)27-25-26-13-12-22(29-25)28-23-18-8-6-7-9-19(18)32(5)30-23/h6-16H,1-5H3,(H2,26,27,28,29,30). The second-order valence-electron chi connectivity index (χ2n) is 8.78. The second-order valence-corrected chi connectivity index (χ2v) is 8.78. The molecule has 0 radical (unpaired) electrons. The molecule has 0 spiro atoms. The molecule has 0 saturated heterocycles. The van der Waals surface area contributed by atoms with Crippen molar-refractivity contribution in [3.8, 4) is 0 Å². The molecule has 1 aliphatic rings. The van der Waals surface area contributed by atoms with Crippen LogP contribution in [0.3, 0.4) is 0 Å². The molecule has 2 aromatic carbocycles. The van der Waals surface area contributed by atoms with Crippen LogP contribution < -0.4 is 20.4 Å². The van der Waals surface area contributed by atoms with Crippen molar-refractivity contribution < 1.29 is 4.79 Å². The van der Waals surface area contributed by atoms with E-state index in [4.69, 9.17) is 0 Å². The summed E-state index contributed by atoms with van der Waals surface area (Å²) in [7, 11) is 3.74. The predicted molar refractivity (Wildman–Crippen MR) is 136 cm³/mol. The number of aryl methyl sites for hydroxylation is 1. The fourth-order valence-electron chi connectivity index (χ4n) is 4.59. The van der Waals surface area contributed by atoms with Gasteiger partial charge in [0.1, 0.15) is 11.9 Å². The van der Waals surface area contributed by atoms with E-state index in [9.17, 15) is 4.79 Å². The van der Waals surface area contributed by atoms with Gasteiger partial charge in [-0.3, -0.25) is 9.48 Å². The first-order valence-electron chi connectivity index (χ1n) is 11.3. The van der Waals surface area contributed by atoms with Crippen molar-refractivity contribution in [1.82, 2.24) is 19.7 Å². The maximum absolute atomic E-state index is 12.7. The van der Waals surface area contributed by atoms with E-state index >= 15 is 0 Å². The average Bonchev–Trinajstić information content (AvgIpc) is 3.13. The number of hydrogen-bond donors (Lipinski definition) is 2. The first kappa shape index (κ1) is 21.7. The maximum atomic E-state index is 12.7. The molecule has 4 aromatic rings. The molecule has 0 aliphatic carbocycles. The number of para-hydroxylation sites is 1. The summed E-state index contributed by atoms with van der Waals surface area (Å²) >= 11 is 0. The molecule has 174 valence electrons. The third-order valence-corrected chi connectivity index (χ3v) is 6.19. The average molecular weight is 457 g/mol. The molecule has 1 amide bonds. The molecule has 1 atom stereocenters. The number of amides is 1. The number of likely N-dealkylation sites (N-methyl/N-ethyl adjacent to an activating group) is 1. The summed E-state index contributed by atoms with van der Waals surface area (Å²) < 4.78 is 1.84. The number of carbonyl (C=O) groups excluding carboxylic acids is 1. The lowest BCUT2D eigenvalue weighted by atomic mass is 10.0. The molecule has 0 bridgehead atoms. The van der Waals surface area contributed by atoms with Gasteiger partial charge in [-0.15, -0.1) is 0 Å². The highest BCUT2D eigenvalue weighted by Crippen LogP contribution is 2.39. The van der Waals surface area contributed by atoms with Crippen molar-refractivity contribution in [2.75, 3.05) is 27.5 Å². The minimum Gasteiger partial charge on any atom is -0.356 e. The van der Waals surface area contributed by atoms with Crippen LogP contribution in [-0.2, 0) is 11.8 Å². The number of fused-ring (bicyclic) bond motifs is 2. The lowest BCUT2D eigenvalue weighted by Crippen LogP contribution is -2.53. The minimum atomic E-state index is -0.232. The van der Waals surface area contributed by atoms with Crippen LogP contribution in [0.4, 0.5) is 34.6 Å². The van der Waals surface area contributed by atoms with Gasteiger partial charge in [0.25, 0.3) is 0 Å². The summed E-state index contributed by atoms with van der Waals surface area (Å²) in [6.45, 7) is 6.14. The number of anilines is 6. The number of aromatic nitrogens is 4. The molecule has 1 unspecified atom stereocenters. The van der Waals surface area contributed by atoms with E-state index in [1.807, 2.05) is 74.2 Å².